The fourth-order valence-corrected chi connectivity index (χ4v) is 3.17. The molecule has 3 atom stereocenters. The normalized spacial score (nSPS) is 23.6. The average Bonchev–Trinajstić information content (AvgIpc) is 2.42. The Hall–Kier alpha value is -0.420. The molecule has 4 heteroatoms. The summed E-state index contributed by atoms with van der Waals surface area (Å²) >= 11 is 3.53. The van der Waals surface area contributed by atoms with Crippen LogP contribution in [0.25, 0.3) is 0 Å². The van der Waals surface area contributed by atoms with Crippen molar-refractivity contribution in [2.24, 2.45) is 11.7 Å². The van der Waals surface area contributed by atoms with Crippen LogP contribution in [0.3, 0.4) is 0 Å². The highest BCUT2D eigenvalue weighted by Gasteiger charge is 2.30. The molecule has 1 aliphatic rings. The monoisotopic (exact) mass is 313 g/mol. The third-order valence-electron chi connectivity index (χ3n) is 3.65. The van der Waals surface area contributed by atoms with Gasteiger partial charge in [-0.2, -0.15) is 0 Å². The van der Waals surface area contributed by atoms with Gasteiger partial charge in [-0.3, -0.25) is 0 Å². The van der Waals surface area contributed by atoms with Gasteiger partial charge in [0.05, 0.1) is 12.7 Å². The lowest BCUT2D eigenvalue weighted by Crippen LogP contribution is -2.36. The Balaban J connectivity index is 2.14. The molecule has 1 heterocycles. The molecule has 1 aromatic rings. The smallest absolute Gasteiger partial charge is 0.0671 e. The minimum Gasteiger partial charge on any atom is -0.392 e. The zero-order valence-electron chi connectivity index (χ0n) is 10.4. The number of ether oxygens (including phenoxy) is 1. The Kier molecular flexibility index (Phi) is 5.18. The third kappa shape index (κ3) is 3.12. The number of benzene rings is 1. The van der Waals surface area contributed by atoms with Crippen molar-refractivity contribution in [2.75, 3.05) is 19.8 Å². The zero-order chi connectivity index (χ0) is 13.0. The van der Waals surface area contributed by atoms with Crippen molar-refractivity contribution in [3.8, 4) is 0 Å². The van der Waals surface area contributed by atoms with E-state index in [-0.39, 0.29) is 11.8 Å². The minimum absolute atomic E-state index is 0.0349. The van der Waals surface area contributed by atoms with Crippen molar-refractivity contribution in [1.29, 1.82) is 0 Å². The second-order valence-electron chi connectivity index (χ2n) is 4.83. The van der Waals surface area contributed by atoms with E-state index in [4.69, 9.17) is 10.5 Å². The summed E-state index contributed by atoms with van der Waals surface area (Å²) in [6.45, 7) is 1.90. The van der Waals surface area contributed by atoms with Gasteiger partial charge in [-0.1, -0.05) is 34.1 Å². The van der Waals surface area contributed by atoms with Crippen molar-refractivity contribution < 1.29 is 9.84 Å². The van der Waals surface area contributed by atoms with Crippen LogP contribution in [0.4, 0.5) is 0 Å². The zero-order valence-corrected chi connectivity index (χ0v) is 12.0. The molecular formula is C14H20BrNO2. The second-order valence-corrected chi connectivity index (χ2v) is 5.69. The van der Waals surface area contributed by atoms with Crippen LogP contribution in [0.2, 0.25) is 0 Å². The molecule has 0 bridgehead atoms. The van der Waals surface area contributed by atoms with E-state index in [2.05, 4.69) is 15.9 Å². The molecule has 0 aliphatic carbocycles. The van der Waals surface area contributed by atoms with E-state index in [9.17, 15) is 5.11 Å². The van der Waals surface area contributed by atoms with Gasteiger partial charge in [0.1, 0.15) is 0 Å². The van der Waals surface area contributed by atoms with Gasteiger partial charge in [0, 0.05) is 29.5 Å². The summed E-state index contributed by atoms with van der Waals surface area (Å²) in [6.07, 6.45) is 1.60. The van der Waals surface area contributed by atoms with Crippen LogP contribution >= 0.6 is 15.9 Å². The Morgan fingerprint density at radius 2 is 2.22 bits per heavy atom. The van der Waals surface area contributed by atoms with E-state index in [1.54, 1.807) is 0 Å². The highest BCUT2D eigenvalue weighted by Crippen LogP contribution is 2.32. The largest absolute Gasteiger partial charge is 0.392 e. The molecule has 3 unspecified atom stereocenters. The minimum atomic E-state index is -0.436. The van der Waals surface area contributed by atoms with E-state index in [1.807, 2.05) is 24.3 Å². The topological polar surface area (TPSA) is 55.5 Å². The van der Waals surface area contributed by atoms with Crippen LogP contribution in [0.5, 0.6) is 0 Å². The maximum Gasteiger partial charge on any atom is 0.0671 e. The molecule has 100 valence electrons. The molecular weight excluding hydrogens is 294 g/mol. The van der Waals surface area contributed by atoms with Crippen LogP contribution in [0.1, 0.15) is 24.3 Å². The highest BCUT2D eigenvalue weighted by atomic mass is 79.9. The number of aliphatic hydroxyl groups excluding tert-OH is 1. The van der Waals surface area contributed by atoms with Gasteiger partial charge in [0.25, 0.3) is 0 Å². The summed E-state index contributed by atoms with van der Waals surface area (Å²) < 4.78 is 6.46. The summed E-state index contributed by atoms with van der Waals surface area (Å²) in [5.41, 5.74) is 6.94. The summed E-state index contributed by atoms with van der Waals surface area (Å²) in [7, 11) is 0. The molecule has 0 spiro atoms. The first-order chi connectivity index (χ1) is 8.74. The SMILES string of the molecule is NCC(c1ccccc1Br)C(O)C1CCCOC1. The lowest BCUT2D eigenvalue weighted by Gasteiger charge is -2.32. The molecule has 1 saturated heterocycles. The standard InChI is InChI=1S/C14H20BrNO2/c15-13-6-2-1-5-11(13)12(8-16)14(17)10-4-3-7-18-9-10/h1-2,5-6,10,12,14,17H,3-4,7-9,16H2. The molecule has 0 aromatic heterocycles. The lowest BCUT2D eigenvalue weighted by molar-refractivity contribution is -0.0185. The van der Waals surface area contributed by atoms with E-state index in [0.717, 1.165) is 29.5 Å². The van der Waals surface area contributed by atoms with Crippen molar-refractivity contribution >= 4 is 15.9 Å². The van der Waals surface area contributed by atoms with Crippen LogP contribution in [-0.2, 0) is 4.74 Å². The first-order valence-corrected chi connectivity index (χ1v) is 7.23. The van der Waals surface area contributed by atoms with Crippen LogP contribution in [0, 0.1) is 5.92 Å². The molecule has 0 saturated carbocycles. The van der Waals surface area contributed by atoms with Gasteiger partial charge in [-0.25, -0.2) is 0 Å². The Morgan fingerprint density at radius 1 is 1.44 bits per heavy atom. The molecule has 1 aliphatic heterocycles. The number of rotatable bonds is 4. The highest BCUT2D eigenvalue weighted by molar-refractivity contribution is 9.10. The van der Waals surface area contributed by atoms with Crippen LogP contribution < -0.4 is 5.73 Å². The summed E-state index contributed by atoms with van der Waals surface area (Å²) in [5.74, 6) is 0.159. The summed E-state index contributed by atoms with van der Waals surface area (Å²) in [5, 5.41) is 10.5. The fraction of sp³-hybridized carbons (Fsp3) is 0.571. The van der Waals surface area contributed by atoms with Gasteiger partial charge in [-0.15, -0.1) is 0 Å². The maximum atomic E-state index is 10.5. The fourth-order valence-electron chi connectivity index (χ4n) is 2.59. The average molecular weight is 314 g/mol. The van der Waals surface area contributed by atoms with E-state index >= 15 is 0 Å². The maximum absolute atomic E-state index is 10.5. The van der Waals surface area contributed by atoms with Crippen molar-refractivity contribution in [3.63, 3.8) is 0 Å². The number of hydrogen-bond donors (Lipinski definition) is 2. The molecule has 1 fully saturated rings. The molecule has 0 amide bonds. The lowest BCUT2D eigenvalue weighted by atomic mass is 9.83. The van der Waals surface area contributed by atoms with E-state index < -0.39 is 6.10 Å². The Morgan fingerprint density at radius 3 is 2.83 bits per heavy atom. The van der Waals surface area contributed by atoms with Crippen molar-refractivity contribution in [1.82, 2.24) is 0 Å². The van der Waals surface area contributed by atoms with Gasteiger partial charge in [0.15, 0.2) is 0 Å². The molecule has 2 rings (SSSR count). The number of nitrogens with two attached hydrogens (primary N) is 1. The van der Waals surface area contributed by atoms with E-state index in [0.29, 0.717) is 13.2 Å². The quantitative estimate of drug-likeness (QED) is 0.896. The molecule has 3 N–H and O–H groups in total. The summed E-state index contributed by atoms with van der Waals surface area (Å²) in [6, 6.07) is 7.96. The molecule has 1 aromatic carbocycles. The van der Waals surface area contributed by atoms with Crippen LogP contribution in [0.15, 0.2) is 28.7 Å². The molecule has 0 radical (unpaired) electrons. The van der Waals surface area contributed by atoms with Gasteiger partial charge in [0.2, 0.25) is 0 Å². The number of hydrogen-bond acceptors (Lipinski definition) is 3. The summed E-state index contributed by atoms with van der Waals surface area (Å²) in [4.78, 5) is 0. The van der Waals surface area contributed by atoms with Crippen molar-refractivity contribution in [3.05, 3.63) is 34.3 Å². The van der Waals surface area contributed by atoms with Gasteiger partial charge in [-0.05, 0) is 24.5 Å². The third-order valence-corrected chi connectivity index (χ3v) is 4.37. The molecule has 18 heavy (non-hydrogen) atoms. The predicted octanol–water partition coefficient (Wildman–Crippen LogP) is 2.28. The van der Waals surface area contributed by atoms with Gasteiger partial charge >= 0.3 is 0 Å². The Labute approximate surface area is 116 Å². The van der Waals surface area contributed by atoms with Crippen LogP contribution in [-0.4, -0.2) is 31.0 Å². The van der Waals surface area contributed by atoms with Crippen molar-refractivity contribution in [2.45, 2.75) is 24.9 Å². The molecule has 3 nitrogen and oxygen atoms in total. The first-order valence-electron chi connectivity index (χ1n) is 6.44. The number of halogens is 1. The Bertz CT molecular complexity index is 380. The second kappa shape index (κ2) is 6.66. The first kappa shape index (κ1) is 14.0. The van der Waals surface area contributed by atoms with Gasteiger partial charge < -0.3 is 15.6 Å². The number of aliphatic hydroxyl groups is 1. The van der Waals surface area contributed by atoms with E-state index in [1.165, 1.54) is 0 Å². The predicted molar refractivity (Wildman–Crippen MR) is 75.5 cm³/mol.